The highest BCUT2D eigenvalue weighted by atomic mass is 16.6. The first kappa shape index (κ1) is 24.7. The Kier molecular flexibility index (Phi) is 8.08. The van der Waals surface area contributed by atoms with Crippen molar-refractivity contribution in [2.75, 3.05) is 26.9 Å². The zero-order chi connectivity index (χ0) is 24.1. The molecule has 2 aliphatic rings. The lowest BCUT2D eigenvalue weighted by atomic mass is 9.68. The molecule has 3 rings (SSSR count). The van der Waals surface area contributed by atoms with Crippen molar-refractivity contribution >= 4 is 17.7 Å². The van der Waals surface area contributed by atoms with E-state index in [1.165, 1.54) is 7.11 Å². The van der Waals surface area contributed by atoms with Crippen molar-refractivity contribution in [3.05, 3.63) is 57.9 Å². The van der Waals surface area contributed by atoms with Crippen LogP contribution >= 0.6 is 0 Å². The van der Waals surface area contributed by atoms with E-state index in [2.05, 4.69) is 5.32 Å². The van der Waals surface area contributed by atoms with Crippen LogP contribution in [0.3, 0.4) is 0 Å². The average molecular weight is 456 g/mol. The Morgan fingerprint density at radius 2 is 1.85 bits per heavy atom. The van der Waals surface area contributed by atoms with Crippen molar-refractivity contribution < 1.29 is 28.6 Å². The molecule has 0 spiro atoms. The number of dihydropyridines is 1. The second kappa shape index (κ2) is 10.8. The van der Waals surface area contributed by atoms with Crippen molar-refractivity contribution in [3.63, 3.8) is 0 Å². The lowest BCUT2D eigenvalue weighted by Crippen LogP contribution is -2.43. The second-order valence-electron chi connectivity index (χ2n) is 8.64. The summed E-state index contributed by atoms with van der Waals surface area (Å²) in [5, 5.41) is 3.27. The molecule has 0 fully saturated rings. The van der Waals surface area contributed by atoms with E-state index in [1.54, 1.807) is 0 Å². The van der Waals surface area contributed by atoms with E-state index in [9.17, 15) is 14.4 Å². The van der Waals surface area contributed by atoms with E-state index >= 15 is 0 Å². The third-order valence-corrected chi connectivity index (χ3v) is 6.27. The number of rotatable bonds is 8. The quantitative estimate of drug-likeness (QED) is 0.364. The summed E-state index contributed by atoms with van der Waals surface area (Å²) >= 11 is 0. The normalized spacial score (nSPS) is 22.6. The van der Waals surface area contributed by atoms with Gasteiger partial charge in [0, 0.05) is 29.5 Å². The predicted octanol–water partition coefficient (Wildman–Crippen LogP) is 3.58. The largest absolute Gasteiger partial charge is 0.468 e. The molecule has 3 atom stereocenters. The van der Waals surface area contributed by atoms with Gasteiger partial charge in [-0.25, -0.2) is 4.79 Å². The molecule has 1 aliphatic heterocycles. The van der Waals surface area contributed by atoms with Crippen molar-refractivity contribution in [1.82, 2.24) is 5.32 Å². The molecule has 1 N–H and O–H groups in total. The second-order valence-corrected chi connectivity index (χ2v) is 8.64. The van der Waals surface area contributed by atoms with Crippen LogP contribution in [0.25, 0.3) is 0 Å². The van der Waals surface area contributed by atoms with Gasteiger partial charge in [0.15, 0.2) is 5.78 Å². The molecule has 7 nitrogen and oxygen atoms in total. The van der Waals surface area contributed by atoms with Crippen molar-refractivity contribution in [2.24, 2.45) is 11.8 Å². The Hall–Kier alpha value is -2.93. The Morgan fingerprint density at radius 3 is 2.52 bits per heavy atom. The zero-order valence-corrected chi connectivity index (χ0v) is 20.0. The van der Waals surface area contributed by atoms with Crippen LogP contribution in [0.4, 0.5) is 0 Å². The number of benzene rings is 1. The summed E-state index contributed by atoms with van der Waals surface area (Å²) in [5.74, 6) is -3.10. The number of carbonyl (C=O) groups is 3. The number of hydrogen-bond acceptors (Lipinski definition) is 7. The van der Waals surface area contributed by atoms with E-state index in [0.29, 0.717) is 36.5 Å². The summed E-state index contributed by atoms with van der Waals surface area (Å²) in [6.45, 7) is 8.68. The molecule has 0 bridgehead atoms. The van der Waals surface area contributed by atoms with Crippen LogP contribution in [-0.4, -0.2) is 44.7 Å². The lowest BCUT2D eigenvalue weighted by molar-refractivity contribution is -0.151. The molecule has 1 heterocycles. The van der Waals surface area contributed by atoms with Gasteiger partial charge in [-0.1, -0.05) is 38.1 Å². The van der Waals surface area contributed by atoms with Gasteiger partial charge in [-0.05, 0) is 43.7 Å². The van der Waals surface area contributed by atoms with Gasteiger partial charge in [0.25, 0.3) is 0 Å². The van der Waals surface area contributed by atoms with E-state index in [0.717, 1.165) is 23.2 Å². The molecule has 1 aliphatic carbocycles. The molecule has 0 radical (unpaired) electrons. The minimum Gasteiger partial charge on any atom is -0.468 e. The third kappa shape index (κ3) is 5.03. The highest BCUT2D eigenvalue weighted by molar-refractivity contribution is 6.12. The van der Waals surface area contributed by atoms with Gasteiger partial charge in [0.2, 0.25) is 0 Å². The van der Waals surface area contributed by atoms with Crippen LogP contribution in [-0.2, 0) is 28.6 Å². The molecule has 0 amide bonds. The van der Waals surface area contributed by atoms with Crippen LogP contribution in [0, 0.1) is 18.8 Å². The van der Waals surface area contributed by atoms with Crippen LogP contribution < -0.4 is 5.32 Å². The molecular weight excluding hydrogens is 422 g/mol. The Labute approximate surface area is 195 Å². The van der Waals surface area contributed by atoms with Gasteiger partial charge in [0.05, 0.1) is 19.3 Å². The number of methoxy groups -OCH3 is 1. The molecule has 0 unspecified atom stereocenters. The maximum atomic E-state index is 13.7. The Morgan fingerprint density at radius 1 is 1.12 bits per heavy atom. The molecule has 178 valence electrons. The maximum Gasteiger partial charge on any atom is 0.336 e. The molecule has 0 saturated heterocycles. The van der Waals surface area contributed by atoms with Gasteiger partial charge in [-0.2, -0.15) is 0 Å². The molecule has 33 heavy (non-hydrogen) atoms. The number of aryl methyl sites for hydroxylation is 1. The summed E-state index contributed by atoms with van der Waals surface area (Å²) in [6.07, 6.45) is 1.39. The predicted molar refractivity (Wildman–Crippen MR) is 123 cm³/mol. The Balaban J connectivity index is 2.03. The Bertz CT molecular complexity index is 992. The molecule has 1 aromatic rings. The number of allylic oxidation sites excluding steroid dienone is 3. The lowest BCUT2D eigenvalue weighted by Gasteiger charge is -2.38. The SMILES string of the molecule is CCCOCCOC(=O)C1=C(C)NC2=C(C(=O)[C@@H](C(=O)OC)[C@H](C)C2)[C@H]1c1ccccc1C. The van der Waals surface area contributed by atoms with E-state index in [1.807, 2.05) is 52.0 Å². The van der Waals surface area contributed by atoms with Crippen molar-refractivity contribution in [2.45, 2.75) is 46.5 Å². The van der Waals surface area contributed by atoms with Crippen LogP contribution in [0.5, 0.6) is 0 Å². The number of carbonyl (C=O) groups excluding carboxylic acids is 3. The van der Waals surface area contributed by atoms with Gasteiger partial charge < -0.3 is 19.5 Å². The topological polar surface area (TPSA) is 90.9 Å². The first-order valence-electron chi connectivity index (χ1n) is 11.4. The van der Waals surface area contributed by atoms with Gasteiger partial charge >= 0.3 is 11.9 Å². The first-order chi connectivity index (χ1) is 15.8. The highest BCUT2D eigenvalue weighted by Crippen LogP contribution is 2.46. The third-order valence-electron chi connectivity index (χ3n) is 6.27. The smallest absolute Gasteiger partial charge is 0.336 e. The monoisotopic (exact) mass is 455 g/mol. The number of ketones is 1. The average Bonchev–Trinajstić information content (AvgIpc) is 2.78. The number of esters is 2. The standard InChI is InChI=1S/C26H33NO6/c1-6-11-32-12-13-33-26(30)21-17(4)27-19-14-16(3)20(25(29)31-5)24(28)23(19)22(21)18-10-8-7-9-15(18)2/h7-10,16,20,22,27H,6,11-14H2,1-5H3/t16-,20+,22+/m1/s1. The number of hydrogen-bond donors (Lipinski definition) is 1. The maximum absolute atomic E-state index is 13.7. The molecular formula is C26H33NO6. The molecule has 0 aromatic heterocycles. The highest BCUT2D eigenvalue weighted by Gasteiger charge is 2.47. The number of ether oxygens (including phenoxy) is 3. The molecule has 1 aromatic carbocycles. The van der Waals surface area contributed by atoms with Crippen LogP contribution in [0.1, 0.15) is 50.7 Å². The summed E-state index contributed by atoms with van der Waals surface area (Å²) in [6, 6.07) is 7.66. The van der Waals surface area contributed by atoms with E-state index in [4.69, 9.17) is 14.2 Å². The summed E-state index contributed by atoms with van der Waals surface area (Å²) < 4.78 is 15.9. The van der Waals surface area contributed by atoms with Crippen molar-refractivity contribution in [1.29, 1.82) is 0 Å². The fraction of sp³-hybridized carbons (Fsp3) is 0.500. The van der Waals surface area contributed by atoms with Crippen LogP contribution in [0.2, 0.25) is 0 Å². The van der Waals surface area contributed by atoms with Gasteiger partial charge in [0.1, 0.15) is 12.5 Å². The fourth-order valence-corrected chi connectivity index (χ4v) is 4.69. The molecule has 7 heteroatoms. The van der Waals surface area contributed by atoms with Gasteiger partial charge in [-0.3, -0.25) is 9.59 Å². The summed E-state index contributed by atoms with van der Waals surface area (Å²) in [5.41, 5.74) is 4.01. The van der Waals surface area contributed by atoms with Crippen LogP contribution in [0.15, 0.2) is 46.8 Å². The van der Waals surface area contributed by atoms with Gasteiger partial charge in [-0.15, -0.1) is 0 Å². The number of nitrogens with one attached hydrogen (secondary N) is 1. The van der Waals surface area contributed by atoms with E-state index < -0.39 is 23.8 Å². The van der Waals surface area contributed by atoms with E-state index in [-0.39, 0.29) is 18.3 Å². The first-order valence-corrected chi connectivity index (χ1v) is 11.4. The minimum atomic E-state index is -0.903. The minimum absolute atomic E-state index is 0.123. The zero-order valence-electron chi connectivity index (χ0n) is 20.0. The van der Waals surface area contributed by atoms with Crippen molar-refractivity contribution in [3.8, 4) is 0 Å². The number of Topliss-reactive ketones (excluding diaryl/α,β-unsaturated/α-hetero) is 1. The molecule has 0 saturated carbocycles. The summed E-state index contributed by atoms with van der Waals surface area (Å²) in [7, 11) is 1.29. The summed E-state index contributed by atoms with van der Waals surface area (Å²) in [4.78, 5) is 39.4. The fourth-order valence-electron chi connectivity index (χ4n) is 4.69.